The van der Waals surface area contributed by atoms with E-state index in [1.54, 1.807) is 5.56 Å². The summed E-state index contributed by atoms with van der Waals surface area (Å²) in [5.41, 5.74) is 3.45. The van der Waals surface area contributed by atoms with Crippen molar-refractivity contribution in [1.29, 1.82) is 0 Å². The molecule has 1 unspecified atom stereocenters. The van der Waals surface area contributed by atoms with Crippen LogP contribution in [-0.2, 0) is 0 Å². The molecule has 1 aromatic rings. The molecule has 2 fully saturated rings. The average molecular weight is 286 g/mol. The molecule has 0 bridgehead atoms. The molecule has 0 aliphatic carbocycles. The molecule has 2 aliphatic heterocycles. The summed E-state index contributed by atoms with van der Waals surface area (Å²) in [4.78, 5) is 2.65. The first-order valence-electron chi connectivity index (χ1n) is 8.62. The summed E-state index contributed by atoms with van der Waals surface area (Å²) in [6.07, 6.45) is 4.08. The summed E-state index contributed by atoms with van der Waals surface area (Å²) in [6.45, 7) is 11.8. The third-order valence-electron chi connectivity index (χ3n) is 5.89. The maximum absolute atomic E-state index is 3.64. The van der Waals surface area contributed by atoms with E-state index < -0.39 is 0 Å². The molecule has 2 saturated heterocycles. The molecular weight excluding hydrogens is 256 g/mol. The summed E-state index contributed by atoms with van der Waals surface area (Å²) < 4.78 is 0. The molecule has 2 aliphatic rings. The molecule has 0 saturated carbocycles. The highest BCUT2D eigenvalue weighted by Crippen LogP contribution is 2.48. The summed E-state index contributed by atoms with van der Waals surface area (Å²) >= 11 is 0. The number of piperidine rings is 2. The highest BCUT2D eigenvalue weighted by atomic mass is 15.2. The van der Waals surface area contributed by atoms with Gasteiger partial charge >= 0.3 is 0 Å². The van der Waals surface area contributed by atoms with Crippen molar-refractivity contribution in [3.8, 4) is 0 Å². The Morgan fingerprint density at radius 1 is 1.10 bits per heavy atom. The predicted octanol–water partition coefficient (Wildman–Crippen LogP) is 3.56. The van der Waals surface area contributed by atoms with E-state index in [-0.39, 0.29) is 0 Å². The van der Waals surface area contributed by atoms with E-state index in [0.717, 1.165) is 6.54 Å². The summed E-state index contributed by atoms with van der Waals surface area (Å²) in [5.74, 6) is 0.696. The molecule has 1 atom stereocenters. The predicted molar refractivity (Wildman–Crippen MR) is 89.8 cm³/mol. The van der Waals surface area contributed by atoms with Crippen LogP contribution in [0.25, 0.3) is 0 Å². The summed E-state index contributed by atoms with van der Waals surface area (Å²) in [6, 6.07) is 9.98. The van der Waals surface area contributed by atoms with Gasteiger partial charge in [-0.2, -0.15) is 0 Å². The van der Waals surface area contributed by atoms with Gasteiger partial charge in [0, 0.05) is 18.5 Å². The molecular formula is C19H30N2. The van der Waals surface area contributed by atoms with Gasteiger partial charge in [-0.15, -0.1) is 0 Å². The van der Waals surface area contributed by atoms with Gasteiger partial charge in [0.1, 0.15) is 0 Å². The summed E-state index contributed by atoms with van der Waals surface area (Å²) in [7, 11) is 0. The maximum Gasteiger partial charge on any atom is 0.00385 e. The number of likely N-dealkylation sites (tertiary alicyclic amines) is 1. The lowest BCUT2D eigenvalue weighted by Crippen LogP contribution is -2.51. The van der Waals surface area contributed by atoms with Crippen LogP contribution in [0.1, 0.15) is 50.2 Å². The zero-order valence-electron chi connectivity index (χ0n) is 13.9. The van der Waals surface area contributed by atoms with E-state index in [1.165, 1.54) is 44.5 Å². The molecule has 2 nitrogen and oxygen atoms in total. The van der Waals surface area contributed by atoms with E-state index in [9.17, 15) is 0 Å². The minimum atomic E-state index is 0.534. The van der Waals surface area contributed by atoms with Gasteiger partial charge in [-0.05, 0) is 70.6 Å². The second kappa shape index (κ2) is 6.10. The number of aryl methyl sites for hydroxylation is 1. The minimum absolute atomic E-state index is 0.534. The van der Waals surface area contributed by atoms with Crippen LogP contribution in [0.2, 0.25) is 0 Å². The van der Waals surface area contributed by atoms with Crippen LogP contribution in [0.15, 0.2) is 24.3 Å². The Bertz CT molecular complexity index is 455. The number of nitrogens with zero attached hydrogens (tertiary/aromatic N) is 1. The first-order chi connectivity index (χ1) is 10.1. The third kappa shape index (κ3) is 3.02. The topological polar surface area (TPSA) is 15.3 Å². The summed E-state index contributed by atoms with van der Waals surface area (Å²) in [5, 5.41) is 3.64. The van der Waals surface area contributed by atoms with Crippen molar-refractivity contribution in [2.75, 3.05) is 26.2 Å². The second-order valence-corrected chi connectivity index (χ2v) is 7.41. The molecule has 3 rings (SSSR count). The number of rotatable bonds is 2. The fraction of sp³-hybridized carbons (Fsp3) is 0.684. The standard InChI is InChI=1S/C19H30N2/c1-15(2)21-12-9-19(10-13-21)8-11-20-14-18(19)17-6-4-16(3)5-7-17/h4-7,15,18,20H,8-14H2,1-3H3. The second-order valence-electron chi connectivity index (χ2n) is 7.41. The van der Waals surface area contributed by atoms with E-state index in [1.807, 2.05) is 0 Å². The van der Waals surface area contributed by atoms with Crippen LogP contribution >= 0.6 is 0 Å². The largest absolute Gasteiger partial charge is 0.316 e. The lowest BCUT2D eigenvalue weighted by molar-refractivity contribution is 0.0406. The molecule has 1 N–H and O–H groups in total. The number of benzene rings is 1. The highest BCUT2D eigenvalue weighted by molar-refractivity contribution is 5.27. The molecule has 21 heavy (non-hydrogen) atoms. The molecule has 1 spiro atoms. The number of hydrogen-bond acceptors (Lipinski definition) is 2. The lowest BCUT2D eigenvalue weighted by Gasteiger charge is -2.50. The highest BCUT2D eigenvalue weighted by Gasteiger charge is 2.43. The molecule has 2 heterocycles. The van der Waals surface area contributed by atoms with Gasteiger partial charge in [0.2, 0.25) is 0 Å². The van der Waals surface area contributed by atoms with Crippen molar-refractivity contribution >= 4 is 0 Å². The average Bonchev–Trinajstić information content (AvgIpc) is 2.49. The van der Waals surface area contributed by atoms with E-state index in [4.69, 9.17) is 0 Å². The zero-order chi connectivity index (χ0) is 14.9. The Labute approximate surface area is 129 Å². The molecule has 0 radical (unpaired) electrons. The Morgan fingerprint density at radius 2 is 1.76 bits per heavy atom. The van der Waals surface area contributed by atoms with Gasteiger partial charge in [-0.3, -0.25) is 0 Å². The third-order valence-corrected chi connectivity index (χ3v) is 5.89. The fourth-order valence-electron chi connectivity index (χ4n) is 4.33. The van der Waals surface area contributed by atoms with E-state index >= 15 is 0 Å². The van der Waals surface area contributed by atoms with Crippen LogP contribution in [0.3, 0.4) is 0 Å². The van der Waals surface area contributed by atoms with E-state index in [0.29, 0.717) is 17.4 Å². The van der Waals surface area contributed by atoms with Crippen LogP contribution in [0.4, 0.5) is 0 Å². The quantitative estimate of drug-likeness (QED) is 0.894. The Hall–Kier alpha value is -0.860. The fourth-order valence-corrected chi connectivity index (χ4v) is 4.33. The SMILES string of the molecule is Cc1ccc(C2CNCCC23CCN(C(C)C)CC3)cc1. The van der Waals surface area contributed by atoms with Gasteiger partial charge in [0.05, 0.1) is 0 Å². The van der Waals surface area contributed by atoms with Gasteiger partial charge in [-0.25, -0.2) is 0 Å². The lowest BCUT2D eigenvalue weighted by atomic mass is 9.62. The minimum Gasteiger partial charge on any atom is -0.316 e. The molecule has 0 aromatic heterocycles. The monoisotopic (exact) mass is 286 g/mol. The van der Waals surface area contributed by atoms with Crippen molar-refractivity contribution in [2.45, 2.75) is 52.0 Å². The van der Waals surface area contributed by atoms with Crippen LogP contribution in [0.5, 0.6) is 0 Å². The van der Waals surface area contributed by atoms with Crippen molar-refractivity contribution in [2.24, 2.45) is 5.41 Å². The normalized spacial score (nSPS) is 26.4. The zero-order valence-corrected chi connectivity index (χ0v) is 13.9. The van der Waals surface area contributed by atoms with Gasteiger partial charge in [0.15, 0.2) is 0 Å². The first kappa shape index (κ1) is 15.1. The van der Waals surface area contributed by atoms with Crippen molar-refractivity contribution < 1.29 is 0 Å². The smallest absolute Gasteiger partial charge is 0.00385 e. The van der Waals surface area contributed by atoms with Crippen molar-refractivity contribution in [1.82, 2.24) is 10.2 Å². The van der Waals surface area contributed by atoms with Crippen LogP contribution in [-0.4, -0.2) is 37.1 Å². The van der Waals surface area contributed by atoms with Gasteiger partial charge in [0.25, 0.3) is 0 Å². The molecule has 0 amide bonds. The Balaban J connectivity index is 1.80. The molecule has 1 aromatic carbocycles. The van der Waals surface area contributed by atoms with Gasteiger partial charge in [-0.1, -0.05) is 29.8 Å². The van der Waals surface area contributed by atoms with Gasteiger partial charge < -0.3 is 10.2 Å². The van der Waals surface area contributed by atoms with E-state index in [2.05, 4.69) is 55.3 Å². The van der Waals surface area contributed by atoms with Crippen molar-refractivity contribution in [3.05, 3.63) is 35.4 Å². The van der Waals surface area contributed by atoms with Crippen molar-refractivity contribution in [3.63, 3.8) is 0 Å². The van der Waals surface area contributed by atoms with Crippen LogP contribution < -0.4 is 5.32 Å². The molecule has 2 heteroatoms. The first-order valence-corrected chi connectivity index (χ1v) is 8.62. The number of hydrogen-bond donors (Lipinski definition) is 1. The van der Waals surface area contributed by atoms with Crippen LogP contribution in [0, 0.1) is 12.3 Å². The maximum atomic E-state index is 3.64. The number of nitrogens with one attached hydrogen (secondary N) is 1. The Kier molecular flexibility index (Phi) is 4.37. The Morgan fingerprint density at radius 3 is 2.38 bits per heavy atom. The molecule has 116 valence electrons.